The fraction of sp³-hybridized carbons (Fsp3) is 0.500. The molecule has 1 rings (SSSR count). The van der Waals surface area contributed by atoms with E-state index in [2.05, 4.69) is 4.74 Å². The predicted molar refractivity (Wildman–Crippen MR) is 32.1 cm³/mol. The van der Waals surface area contributed by atoms with Crippen LogP contribution in [0.15, 0.2) is 12.2 Å². The summed E-state index contributed by atoms with van der Waals surface area (Å²) in [4.78, 5) is 10.7. The van der Waals surface area contributed by atoms with E-state index in [1.54, 1.807) is 0 Å². The Morgan fingerprint density at radius 2 is 2.40 bits per heavy atom. The van der Waals surface area contributed by atoms with Crippen LogP contribution >= 0.6 is 0 Å². The Bertz CT molecular complexity index is 163. The van der Waals surface area contributed by atoms with Crippen LogP contribution in [0, 0.1) is 0 Å². The molecule has 0 aromatic rings. The van der Waals surface area contributed by atoms with Gasteiger partial charge < -0.3 is 14.9 Å². The van der Waals surface area contributed by atoms with Crippen molar-refractivity contribution >= 4 is 5.78 Å². The molecule has 1 heterocycles. The third-order valence-electron chi connectivity index (χ3n) is 1.21. The van der Waals surface area contributed by atoms with Crippen molar-refractivity contribution in [3.63, 3.8) is 0 Å². The first-order valence-corrected chi connectivity index (χ1v) is 2.90. The van der Waals surface area contributed by atoms with Gasteiger partial charge in [0.2, 0.25) is 0 Å². The number of carbonyl (C=O) groups excluding carboxylic acids is 1. The quantitative estimate of drug-likeness (QED) is 0.486. The van der Waals surface area contributed by atoms with Gasteiger partial charge in [-0.25, -0.2) is 0 Å². The average molecular weight is 144 g/mol. The second kappa shape index (κ2) is 2.92. The first-order chi connectivity index (χ1) is 4.74. The third-order valence-corrected chi connectivity index (χ3v) is 1.21. The lowest BCUT2D eigenvalue weighted by atomic mass is 10.2. The molecule has 10 heavy (non-hydrogen) atoms. The van der Waals surface area contributed by atoms with Crippen LogP contribution in [-0.2, 0) is 9.53 Å². The van der Waals surface area contributed by atoms with E-state index in [4.69, 9.17) is 10.2 Å². The van der Waals surface area contributed by atoms with Crippen LogP contribution < -0.4 is 0 Å². The minimum atomic E-state index is -1.06. The zero-order chi connectivity index (χ0) is 7.56. The Hall–Kier alpha value is -0.710. The summed E-state index contributed by atoms with van der Waals surface area (Å²) < 4.78 is 4.62. The molecule has 2 atom stereocenters. The molecule has 0 fully saturated rings. The van der Waals surface area contributed by atoms with Crippen molar-refractivity contribution in [1.82, 2.24) is 0 Å². The maximum atomic E-state index is 10.7. The van der Waals surface area contributed by atoms with Crippen LogP contribution in [0.3, 0.4) is 0 Å². The highest BCUT2D eigenvalue weighted by Crippen LogP contribution is 2.05. The van der Waals surface area contributed by atoms with Gasteiger partial charge in [0.1, 0.15) is 6.10 Å². The van der Waals surface area contributed by atoms with Gasteiger partial charge in [-0.1, -0.05) is 0 Å². The van der Waals surface area contributed by atoms with Gasteiger partial charge in [0.15, 0.2) is 12.1 Å². The molecular formula is C6H8O4. The zero-order valence-corrected chi connectivity index (χ0v) is 5.23. The van der Waals surface area contributed by atoms with Crippen LogP contribution in [0.2, 0.25) is 0 Å². The molecule has 56 valence electrons. The first kappa shape index (κ1) is 7.40. The van der Waals surface area contributed by atoms with Crippen LogP contribution in [0.4, 0.5) is 0 Å². The van der Waals surface area contributed by atoms with Crippen molar-refractivity contribution in [1.29, 1.82) is 0 Å². The number of aliphatic hydroxyl groups excluding tert-OH is 2. The minimum Gasteiger partial charge on any atom is -0.393 e. The monoisotopic (exact) mass is 144 g/mol. The van der Waals surface area contributed by atoms with E-state index in [-0.39, 0.29) is 12.4 Å². The van der Waals surface area contributed by atoms with Gasteiger partial charge in [-0.05, 0) is 12.2 Å². The number of rotatable bonds is 1. The Kier molecular flexibility index (Phi) is 2.16. The van der Waals surface area contributed by atoms with E-state index in [0.29, 0.717) is 0 Å². The van der Waals surface area contributed by atoms with E-state index >= 15 is 0 Å². The molecule has 0 spiro atoms. The largest absolute Gasteiger partial charge is 0.393 e. The number of hydrogen-bond donors (Lipinski definition) is 2. The second-order valence-corrected chi connectivity index (χ2v) is 1.96. The molecule has 0 radical (unpaired) electrons. The zero-order valence-electron chi connectivity index (χ0n) is 5.23. The fourth-order valence-corrected chi connectivity index (χ4v) is 0.698. The van der Waals surface area contributed by atoms with Crippen molar-refractivity contribution in [3.05, 3.63) is 12.2 Å². The molecule has 0 aromatic carbocycles. The lowest BCUT2D eigenvalue weighted by Crippen LogP contribution is -2.34. The molecule has 0 bridgehead atoms. The number of ether oxygens (including phenoxy) is 1. The van der Waals surface area contributed by atoms with Crippen LogP contribution in [0.1, 0.15) is 0 Å². The van der Waals surface area contributed by atoms with E-state index < -0.39 is 12.4 Å². The molecular weight excluding hydrogens is 136 g/mol. The van der Waals surface area contributed by atoms with Gasteiger partial charge in [-0.2, -0.15) is 0 Å². The highest BCUT2D eigenvalue weighted by molar-refractivity contribution is 5.94. The number of hydrogen-bond acceptors (Lipinski definition) is 4. The Morgan fingerprint density at radius 3 is 2.90 bits per heavy atom. The molecule has 4 nitrogen and oxygen atoms in total. The molecule has 0 aromatic heterocycles. The number of aliphatic hydroxyl groups is 2. The van der Waals surface area contributed by atoms with E-state index in [9.17, 15) is 4.79 Å². The molecule has 0 amide bonds. The van der Waals surface area contributed by atoms with E-state index in [1.807, 2.05) is 0 Å². The summed E-state index contributed by atoms with van der Waals surface area (Å²) in [7, 11) is 0. The van der Waals surface area contributed by atoms with Crippen LogP contribution in [0.5, 0.6) is 0 Å². The summed E-state index contributed by atoms with van der Waals surface area (Å²) in [6.45, 7) is -0.389. The van der Waals surface area contributed by atoms with Crippen molar-refractivity contribution in [2.45, 2.75) is 12.4 Å². The molecule has 1 aliphatic heterocycles. The molecule has 2 N–H and O–H groups in total. The molecule has 4 heteroatoms. The Labute approximate surface area is 57.7 Å². The molecule has 0 aliphatic carbocycles. The normalized spacial score (nSPS) is 32.8. The van der Waals surface area contributed by atoms with Gasteiger partial charge in [-0.15, -0.1) is 0 Å². The van der Waals surface area contributed by atoms with Crippen molar-refractivity contribution < 1.29 is 19.7 Å². The predicted octanol–water partition coefficient (Wildman–Crippen LogP) is -1.18. The van der Waals surface area contributed by atoms with Gasteiger partial charge >= 0.3 is 0 Å². The summed E-state index contributed by atoms with van der Waals surface area (Å²) in [5, 5.41) is 17.2. The minimum absolute atomic E-state index is 0.312. The molecule has 0 saturated heterocycles. The maximum Gasteiger partial charge on any atom is 0.186 e. The Balaban J connectivity index is 2.62. The molecule has 0 saturated carbocycles. The van der Waals surface area contributed by atoms with Gasteiger partial charge in [0.05, 0.1) is 6.61 Å². The average Bonchev–Trinajstić information content (AvgIpc) is 1.94. The van der Waals surface area contributed by atoms with Gasteiger partial charge in [0.25, 0.3) is 0 Å². The standard InChI is InChI=1S/C6H8O4/c7-3-5-4(8)1-2-6(9)10-5/h1-2,5-7,9H,3H2/t5-,6-/m1/s1. The number of carbonyl (C=O) groups is 1. The van der Waals surface area contributed by atoms with Crippen molar-refractivity contribution in [2.75, 3.05) is 6.61 Å². The maximum absolute atomic E-state index is 10.7. The van der Waals surface area contributed by atoms with Gasteiger partial charge in [-0.3, -0.25) is 4.79 Å². The topological polar surface area (TPSA) is 66.8 Å². The fourth-order valence-electron chi connectivity index (χ4n) is 0.698. The highest BCUT2D eigenvalue weighted by atomic mass is 16.6. The van der Waals surface area contributed by atoms with Crippen LogP contribution in [-0.4, -0.2) is 35.0 Å². The van der Waals surface area contributed by atoms with E-state index in [1.165, 1.54) is 12.2 Å². The smallest absolute Gasteiger partial charge is 0.186 e. The first-order valence-electron chi connectivity index (χ1n) is 2.90. The molecule has 0 unspecified atom stereocenters. The van der Waals surface area contributed by atoms with Crippen molar-refractivity contribution in [2.24, 2.45) is 0 Å². The summed E-state index contributed by atoms with van der Waals surface area (Å²) in [5.74, 6) is -0.312. The lowest BCUT2D eigenvalue weighted by Gasteiger charge is -2.18. The Morgan fingerprint density at radius 1 is 1.70 bits per heavy atom. The third kappa shape index (κ3) is 1.41. The summed E-state index contributed by atoms with van der Waals surface area (Å²) in [5.41, 5.74) is 0. The second-order valence-electron chi connectivity index (χ2n) is 1.96. The highest BCUT2D eigenvalue weighted by Gasteiger charge is 2.22. The summed E-state index contributed by atoms with van der Waals surface area (Å²) in [6.07, 6.45) is 0.485. The SMILES string of the molecule is O=C1C=C[C@H](O)O[C@@H]1CO. The van der Waals surface area contributed by atoms with Crippen LogP contribution in [0.25, 0.3) is 0 Å². The summed E-state index contributed by atoms with van der Waals surface area (Å²) >= 11 is 0. The van der Waals surface area contributed by atoms with E-state index in [0.717, 1.165) is 0 Å². The molecule has 1 aliphatic rings. The van der Waals surface area contributed by atoms with Crippen molar-refractivity contribution in [3.8, 4) is 0 Å². The van der Waals surface area contributed by atoms with Gasteiger partial charge in [0, 0.05) is 0 Å². The summed E-state index contributed by atoms with van der Waals surface area (Å²) in [6, 6.07) is 0. The lowest BCUT2D eigenvalue weighted by molar-refractivity contribution is -0.153. The number of ketones is 1.